The Kier molecular flexibility index (Phi) is 5.24. The largest absolute Gasteiger partial charge is 0.493 e. The summed E-state index contributed by atoms with van der Waals surface area (Å²) < 4.78 is 10.7. The fourth-order valence-corrected chi connectivity index (χ4v) is 2.59. The molecule has 0 saturated heterocycles. The molecule has 1 aromatic heterocycles. The van der Waals surface area contributed by atoms with Crippen molar-refractivity contribution in [2.75, 3.05) is 19.5 Å². The lowest BCUT2D eigenvalue weighted by Crippen LogP contribution is -2.13. The highest BCUT2D eigenvalue weighted by atomic mass is 16.5. The van der Waals surface area contributed by atoms with E-state index in [-0.39, 0.29) is 6.04 Å². The van der Waals surface area contributed by atoms with E-state index in [1.807, 2.05) is 39.8 Å². The van der Waals surface area contributed by atoms with Gasteiger partial charge in [0.2, 0.25) is 0 Å². The molecule has 0 aliphatic carbocycles. The first kappa shape index (κ1) is 17.5. The zero-order chi connectivity index (χ0) is 17.9. The maximum atomic E-state index is 9.42. The van der Waals surface area contributed by atoms with E-state index in [0.29, 0.717) is 22.9 Å². The van der Waals surface area contributed by atoms with Crippen molar-refractivity contribution in [2.24, 2.45) is 0 Å². The molecule has 1 heterocycles. The van der Waals surface area contributed by atoms with Gasteiger partial charge in [0.1, 0.15) is 11.6 Å². The average molecular weight is 326 g/mol. The van der Waals surface area contributed by atoms with Crippen molar-refractivity contribution in [2.45, 2.75) is 33.7 Å². The lowest BCUT2D eigenvalue weighted by molar-refractivity contribution is 0.354. The molecule has 1 aromatic carbocycles. The number of rotatable bonds is 5. The maximum absolute atomic E-state index is 9.42. The Bertz CT molecular complexity index is 797. The van der Waals surface area contributed by atoms with Gasteiger partial charge < -0.3 is 14.8 Å². The van der Waals surface area contributed by atoms with Gasteiger partial charge in [-0.2, -0.15) is 10.4 Å². The predicted molar refractivity (Wildman–Crippen MR) is 92.5 cm³/mol. The number of methoxy groups -OCH3 is 2. The molecule has 24 heavy (non-hydrogen) atoms. The zero-order valence-corrected chi connectivity index (χ0v) is 14.9. The van der Waals surface area contributed by atoms with Crippen LogP contribution in [0.25, 0.3) is 0 Å². The molecule has 6 heteroatoms. The van der Waals surface area contributed by atoms with E-state index in [1.165, 1.54) is 0 Å². The van der Waals surface area contributed by atoms with Crippen LogP contribution in [0.5, 0.6) is 11.5 Å². The Morgan fingerprint density at radius 3 is 2.29 bits per heavy atom. The van der Waals surface area contributed by atoms with E-state index < -0.39 is 0 Å². The molecular weight excluding hydrogens is 304 g/mol. The first-order valence-corrected chi connectivity index (χ1v) is 7.65. The molecule has 2 rings (SSSR count). The number of benzene rings is 1. The van der Waals surface area contributed by atoms with Gasteiger partial charge in [-0.25, -0.2) is 0 Å². The third-order valence-corrected chi connectivity index (χ3v) is 4.16. The van der Waals surface area contributed by atoms with Crippen LogP contribution in [-0.2, 0) is 0 Å². The highest BCUT2D eigenvalue weighted by Crippen LogP contribution is 2.34. The van der Waals surface area contributed by atoms with E-state index >= 15 is 0 Å². The van der Waals surface area contributed by atoms with Crippen molar-refractivity contribution < 1.29 is 9.47 Å². The predicted octanol–water partition coefficient (Wildman–Crippen LogP) is 3.46. The molecule has 0 aliphatic heterocycles. The highest BCUT2D eigenvalue weighted by molar-refractivity contribution is 5.57. The summed E-state index contributed by atoms with van der Waals surface area (Å²) >= 11 is 0. The van der Waals surface area contributed by atoms with Crippen molar-refractivity contribution in [1.82, 2.24) is 10.2 Å². The lowest BCUT2D eigenvalue weighted by atomic mass is 10.0. The first-order valence-electron chi connectivity index (χ1n) is 7.65. The van der Waals surface area contributed by atoms with Crippen LogP contribution in [0.4, 0.5) is 5.82 Å². The molecule has 0 radical (unpaired) electrons. The molecule has 2 aromatic rings. The van der Waals surface area contributed by atoms with Gasteiger partial charge in [0.15, 0.2) is 17.3 Å². The number of nitrogens with one attached hydrogen (secondary N) is 1. The quantitative estimate of drug-likeness (QED) is 0.906. The third-order valence-electron chi connectivity index (χ3n) is 4.16. The summed E-state index contributed by atoms with van der Waals surface area (Å²) in [4.78, 5) is 0. The van der Waals surface area contributed by atoms with E-state index in [2.05, 4.69) is 21.6 Å². The Labute approximate surface area is 142 Å². The fraction of sp³-hybridized carbons (Fsp3) is 0.389. The van der Waals surface area contributed by atoms with E-state index in [4.69, 9.17) is 9.47 Å². The van der Waals surface area contributed by atoms with Gasteiger partial charge >= 0.3 is 0 Å². The van der Waals surface area contributed by atoms with Crippen LogP contribution in [-0.4, -0.2) is 24.4 Å². The Balaban J connectivity index is 2.39. The van der Waals surface area contributed by atoms with Gasteiger partial charge in [0, 0.05) is 0 Å². The first-order chi connectivity index (χ1) is 11.4. The molecule has 0 aliphatic rings. The third kappa shape index (κ3) is 3.25. The van der Waals surface area contributed by atoms with Crippen LogP contribution in [0, 0.1) is 32.1 Å². The van der Waals surface area contributed by atoms with Crippen LogP contribution in [0.2, 0.25) is 0 Å². The number of ether oxygens (including phenoxy) is 2. The van der Waals surface area contributed by atoms with E-state index in [1.54, 1.807) is 14.2 Å². The van der Waals surface area contributed by atoms with Gasteiger partial charge in [-0.05, 0) is 56.5 Å². The Morgan fingerprint density at radius 1 is 1.08 bits per heavy atom. The summed E-state index contributed by atoms with van der Waals surface area (Å²) in [6.45, 7) is 7.73. The van der Waals surface area contributed by atoms with Crippen LogP contribution in [0.15, 0.2) is 12.1 Å². The van der Waals surface area contributed by atoms with Crippen LogP contribution >= 0.6 is 0 Å². The summed E-state index contributed by atoms with van der Waals surface area (Å²) in [5.41, 5.74) is 4.21. The Hall–Kier alpha value is -2.81. The van der Waals surface area contributed by atoms with Gasteiger partial charge in [0.05, 0.1) is 26.0 Å². The molecule has 0 amide bonds. The highest BCUT2D eigenvalue weighted by Gasteiger charge is 2.17. The number of hydrogen-bond acceptors (Lipinski definition) is 6. The van der Waals surface area contributed by atoms with Crippen molar-refractivity contribution in [3.63, 3.8) is 0 Å². The molecular formula is C18H22N4O2. The zero-order valence-electron chi connectivity index (χ0n) is 14.9. The van der Waals surface area contributed by atoms with Gasteiger partial charge in [-0.3, -0.25) is 0 Å². The van der Waals surface area contributed by atoms with Crippen molar-refractivity contribution in [1.29, 1.82) is 5.26 Å². The maximum Gasteiger partial charge on any atom is 0.167 e. The molecule has 1 N–H and O–H groups in total. The molecule has 0 bridgehead atoms. The summed E-state index contributed by atoms with van der Waals surface area (Å²) in [5.74, 6) is 1.84. The minimum Gasteiger partial charge on any atom is -0.493 e. The fourth-order valence-electron chi connectivity index (χ4n) is 2.59. The summed E-state index contributed by atoms with van der Waals surface area (Å²) in [6.07, 6.45) is 0. The number of aryl methyl sites for hydroxylation is 2. The van der Waals surface area contributed by atoms with Gasteiger partial charge in [-0.15, -0.1) is 5.10 Å². The number of hydrogen-bond donors (Lipinski definition) is 1. The van der Waals surface area contributed by atoms with Crippen LogP contribution in [0.3, 0.4) is 0 Å². The van der Waals surface area contributed by atoms with E-state index in [9.17, 15) is 5.26 Å². The number of nitrogens with zero attached hydrogens (tertiary/aromatic N) is 3. The molecule has 6 nitrogen and oxygen atoms in total. The summed E-state index contributed by atoms with van der Waals surface area (Å²) in [6, 6.07) is 6.00. The van der Waals surface area contributed by atoms with Crippen LogP contribution < -0.4 is 14.8 Å². The minimum atomic E-state index is -0.0756. The average Bonchev–Trinajstić information content (AvgIpc) is 2.58. The number of anilines is 1. The van der Waals surface area contributed by atoms with Crippen molar-refractivity contribution in [3.8, 4) is 17.6 Å². The Morgan fingerprint density at radius 2 is 1.71 bits per heavy atom. The number of nitriles is 1. The van der Waals surface area contributed by atoms with Crippen LogP contribution in [0.1, 0.15) is 40.9 Å². The normalized spacial score (nSPS) is 11.5. The van der Waals surface area contributed by atoms with Gasteiger partial charge in [-0.1, -0.05) is 0 Å². The van der Waals surface area contributed by atoms with Crippen molar-refractivity contribution in [3.05, 3.63) is 40.1 Å². The second-order valence-electron chi connectivity index (χ2n) is 5.68. The van der Waals surface area contributed by atoms with Gasteiger partial charge in [0.25, 0.3) is 0 Å². The SMILES string of the molecule is COc1cc(C)c(C(C)Nc2nnc(C)c(C)c2C#N)cc1OC. The second kappa shape index (κ2) is 7.18. The molecule has 1 unspecified atom stereocenters. The minimum absolute atomic E-state index is 0.0756. The van der Waals surface area contributed by atoms with E-state index in [0.717, 1.165) is 22.4 Å². The molecule has 0 saturated carbocycles. The summed E-state index contributed by atoms with van der Waals surface area (Å²) in [7, 11) is 3.22. The molecule has 126 valence electrons. The summed E-state index contributed by atoms with van der Waals surface area (Å²) in [5, 5.41) is 21.0. The molecule has 0 fully saturated rings. The lowest BCUT2D eigenvalue weighted by Gasteiger charge is -2.20. The molecule has 1 atom stereocenters. The monoisotopic (exact) mass is 326 g/mol. The topological polar surface area (TPSA) is 80.1 Å². The van der Waals surface area contributed by atoms with Crippen molar-refractivity contribution >= 4 is 5.82 Å². The smallest absolute Gasteiger partial charge is 0.167 e. The standard InChI is InChI=1S/C18H22N4O2/c1-10-7-16(23-5)17(24-6)8-14(10)13(4)20-18-15(9-19)11(2)12(3)21-22-18/h7-8,13H,1-6H3,(H,20,22). The molecule has 0 spiro atoms. The second-order valence-corrected chi connectivity index (χ2v) is 5.68. The number of aromatic nitrogens is 2.